The van der Waals surface area contributed by atoms with Gasteiger partial charge in [0.15, 0.2) is 5.60 Å². The average molecular weight is 338 g/mol. The highest BCUT2D eigenvalue weighted by Crippen LogP contribution is 2.50. The number of rotatable bonds is 0. The Hall–Kier alpha value is -2.95. The van der Waals surface area contributed by atoms with Crippen LogP contribution in [-0.4, -0.2) is 22.8 Å². The van der Waals surface area contributed by atoms with Crippen LogP contribution in [0.15, 0.2) is 65.5 Å². The van der Waals surface area contributed by atoms with Crippen LogP contribution in [0.3, 0.4) is 0 Å². The van der Waals surface area contributed by atoms with E-state index in [9.17, 15) is 15.0 Å². The second-order valence-corrected chi connectivity index (χ2v) is 6.28. The molecule has 1 aromatic carbocycles. The number of allylic oxidation sites excluding steroid dienone is 2. The molecular weight excluding hydrogens is 320 g/mol. The summed E-state index contributed by atoms with van der Waals surface area (Å²) in [5, 5.41) is 19.7. The molecule has 1 atom stereocenters. The molecule has 0 amide bonds. The number of phenolic OH excluding ortho intramolecular Hbond substituents is 1. The van der Waals surface area contributed by atoms with E-state index in [-0.39, 0.29) is 24.1 Å². The molecule has 0 bridgehead atoms. The zero-order chi connectivity index (χ0) is 17.4. The Kier molecular flexibility index (Phi) is 3.64. The second-order valence-electron chi connectivity index (χ2n) is 6.28. The minimum atomic E-state index is -1.01. The summed E-state index contributed by atoms with van der Waals surface area (Å²) in [6.07, 6.45) is 10.7. The number of hydrogen-bond acceptors (Lipinski definition) is 5. The summed E-state index contributed by atoms with van der Waals surface area (Å²) in [6, 6.07) is 4.80. The number of carbonyl (C=O) groups is 1. The summed E-state index contributed by atoms with van der Waals surface area (Å²) in [7, 11) is 0. The van der Waals surface area contributed by atoms with Gasteiger partial charge in [-0.2, -0.15) is 0 Å². The molecular formula is C20H18O5. The van der Waals surface area contributed by atoms with Gasteiger partial charge in [0.1, 0.15) is 23.9 Å². The van der Waals surface area contributed by atoms with Gasteiger partial charge in [-0.15, -0.1) is 0 Å². The van der Waals surface area contributed by atoms with Crippen molar-refractivity contribution in [1.29, 1.82) is 0 Å². The zero-order valence-corrected chi connectivity index (χ0v) is 13.6. The molecule has 1 spiro atoms. The molecule has 128 valence electrons. The topological polar surface area (TPSA) is 76.0 Å². The Morgan fingerprint density at radius 2 is 2.00 bits per heavy atom. The normalized spacial score (nSPS) is 28.5. The van der Waals surface area contributed by atoms with Gasteiger partial charge in [0.25, 0.3) is 0 Å². The highest BCUT2D eigenvalue weighted by atomic mass is 16.6. The van der Waals surface area contributed by atoms with E-state index in [0.717, 1.165) is 12.0 Å². The van der Waals surface area contributed by atoms with Gasteiger partial charge in [-0.3, -0.25) is 0 Å². The summed E-state index contributed by atoms with van der Waals surface area (Å²) in [5.74, 6) is 0.257. The molecule has 0 saturated heterocycles. The predicted octanol–water partition coefficient (Wildman–Crippen LogP) is 3.57. The van der Waals surface area contributed by atoms with Crippen LogP contribution >= 0.6 is 0 Å². The molecule has 4 rings (SSSR count). The molecule has 1 unspecified atom stereocenters. The van der Waals surface area contributed by atoms with Crippen LogP contribution in [-0.2, 0) is 15.1 Å². The lowest BCUT2D eigenvalue weighted by atomic mass is 9.79. The lowest BCUT2D eigenvalue weighted by Gasteiger charge is -2.32. The molecule has 25 heavy (non-hydrogen) atoms. The van der Waals surface area contributed by atoms with Crippen molar-refractivity contribution >= 4 is 5.97 Å². The van der Waals surface area contributed by atoms with Crippen molar-refractivity contribution in [3.05, 3.63) is 71.0 Å². The summed E-state index contributed by atoms with van der Waals surface area (Å²) in [4.78, 5) is 12.5. The number of hydrogen-bond donors (Lipinski definition) is 2. The number of esters is 1. The zero-order valence-electron chi connectivity index (χ0n) is 13.6. The van der Waals surface area contributed by atoms with E-state index in [1.165, 1.54) is 12.1 Å². The van der Waals surface area contributed by atoms with Crippen molar-refractivity contribution in [1.82, 2.24) is 0 Å². The predicted molar refractivity (Wildman–Crippen MR) is 91.2 cm³/mol. The van der Waals surface area contributed by atoms with E-state index < -0.39 is 5.60 Å². The Bertz CT molecular complexity index is 859. The minimum absolute atomic E-state index is 0.0624. The number of aromatic hydroxyl groups is 1. The third kappa shape index (κ3) is 2.52. The number of ether oxygens (including phenoxy) is 2. The van der Waals surface area contributed by atoms with Crippen LogP contribution in [0.2, 0.25) is 0 Å². The lowest BCUT2D eigenvalue weighted by Crippen LogP contribution is -2.29. The van der Waals surface area contributed by atoms with E-state index in [1.54, 1.807) is 24.3 Å². The maximum Gasteiger partial charge on any atom is 0.335 e. The molecule has 2 N–H and O–H groups in total. The maximum absolute atomic E-state index is 12.5. The van der Waals surface area contributed by atoms with Crippen LogP contribution in [0.25, 0.3) is 0 Å². The molecule has 2 heterocycles. The second kappa shape index (κ2) is 5.84. The van der Waals surface area contributed by atoms with Crippen LogP contribution in [0.4, 0.5) is 0 Å². The van der Waals surface area contributed by atoms with E-state index in [2.05, 4.69) is 0 Å². The summed E-state index contributed by atoms with van der Waals surface area (Å²) < 4.78 is 11.6. The Morgan fingerprint density at radius 1 is 1.12 bits per heavy atom. The third-order valence-corrected chi connectivity index (χ3v) is 4.74. The van der Waals surface area contributed by atoms with E-state index in [4.69, 9.17) is 9.47 Å². The molecule has 1 aromatic rings. The van der Waals surface area contributed by atoms with Crippen LogP contribution in [0.1, 0.15) is 24.8 Å². The summed E-state index contributed by atoms with van der Waals surface area (Å²) >= 11 is 0. The van der Waals surface area contributed by atoms with Crippen molar-refractivity contribution in [2.75, 3.05) is 6.61 Å². The van der Waals surface area contributed by atoms with Gasteiger partial charge < -0.3 is 19.7 Å². The van der Waals surface area contributed by atoms with E-state index in [1.807, 2.05) is 12.2 Å². The molecule has 5 heteroatoms. The minimum Gasteiger partial charge on any atom is -0.508 e. The first-order valence-electron chi connectivity index (χ1n) is 8.25. The van der Waals surface area contributed by atoms with Gasteiger partial charge in [-0.05, 0) is 37.1 Å². The van der Waals surface area contributed by atoms with Crippen LogP contribution in [0, 0.1) is 0 Å². The van der Waals surface area contributed by atoms with E-state index >= 15 is 0 Å². The fourth-order valence-electron chi connectivity index (χ4n) is 3.59. The van der Waals surface area contributed by atoms with Crippen LogP contribution < -0.4 is 4.74 Å². The van der Waals surface area contributed by atoms with Gasteiger partial charge in [0.2, 0.25) is 0 Å². The van der Waals surface area contributed by atoms with Gasteiger partial charge in [-0.25, -0.2) is 4.79 Å². The Labute approximate surface area is 145 Å². The lowest BCUT2D eigenvalue weighted by molar-refractivity contribution is -0.147. The number of phenols is 1. The summed E-state index contributed by atoms with van der Waals surface area (Å²) in [6.45, 7) is 0.137. The number of aliphatic hydroxyl groups excluding tert-OH is 1. The molecule has 3 aliphatic rings. The molecule has 0 saturated carbocycles. The number of aliphatic hydroxyl groups is 1. The number of benzene rings is 1. The molecule has 0 radical (unpaired) electrons. The van der Waals surface area contributed by atoms with Crippen molar-refractivity contribution in [3.8, 4) is 11.5 Å². The van der Waals surface area contributed by atoms with Crippen molar-refractivity contribution in [3.63, 3.8) is 0 Å². The van der Waals surface area contributed by atoms with Crippen molar-refractivity contribution < 1.29 is 24.5 Å². The molecule has 1 aliphatic carbocycles. The Morgan fingerprint density at radius 3 is 2.88 bits per heavy atom. The quantitative estimate of drug-likeness (QED) is 0.707. The maximum atomic E-state index is 12.5. The molecule has 2 aliphatic heterocycles. The highest BCUT2D eigenvalue weighted by molar-refractivity contribution is 5.94. The summed E-state index contributed by atoms with van der Waals surface area (Å²) in [5.41, 5.74) is 1.19. The van der Waals surface area contributed by atoms with E-state index in [0.29, 0.717) is 29.7 Å². The first-order chi connectivity index (χ1) is 12.1. The van der Waals surface area contributed by atoms with Gasteiger partial charge in [-0.1, -0.05) is 18.2 Å². The standard InChI is InChI=1S/C20H18O5/c21-13-4-3-10-20(16-6-2-1-5-15(16)19(23)25-20)17-8-7-14(22)12-18(17)24-11-9-13/h2-4,6-9,12,21-22H,1,5,10-11H2/b4-3-,13-9+. The fourth-order valence-corrected chi connectivity index (χ4v) is 3.59. The number of fused-ring (bicyclic) bond motifs is 3. The molecule has 5 nitrogen and oxygen atoms in total. The number of carbonyl (C=O) groups excluding carboxylic acids is 1. The molecule has 0 fully saturated rings. The monoisotopic (exact) mass is 338 g/mol. The van der Waals surface area contributed by atoms with Crippen molar-refractivity contribution in [2.45, 2.75) is 24.9 Å². The third-order valence-electron chi connectivity index (χ3n) is 4.74. The van der Waals surface area contributed by atoms with Crippen LogP contribution in [0.5, 0.6) is 11.5 Å². The average Bonchev–Trinajstić information content (AvgIpc) is 2.88. The largest absolute Gasteiger partial charge is 0.508 e. The van der Waals surface area contributed by atoms with Crippen molar-refractivity contribution in [2.24, 2.45) is 0 Å². The first kappa shape index (κ1) is 15.6. The fraction of sp³-hybridized carbons (Fsp3) is 0.250. The first-order valence-corrected chi connectivity index (χ1v) is 8.25. The van der Waals surface area contributed by atoms with Gasteiger partial charge in [0, 0.05) is 29.2 Å². The molecule has 0 aromatic heterocycles. The van der Waals surface area contributed by atoms with Gasteiger partial charge in [0.05, 0.1) is 0 Å². The van der Waals surface area contributed by atoms with Gasteiger partial charge >= 0.3 is 5.97 Å². The SMILES string of the molecule is O=C1OC2(C/C=C\C(O)=C/COc3cc(O)ccc32)C2=C1CCC=C2. The highest BCUT2D eigenvalue weighted by Gasteiger charge is 2.49. The Balaban J connectivity index is 1.94. The smallest absolute Gasteiger partial charge is 0.335 e.